The van der Waals surface area contributed by atoms with Crippen LogP contribution in [0.25, 0.3) is 0 Å². The average Bonchev–Trinajstić information content (AvgIpc) is 2.95. The second-order valence-corrected chi connectivity index (χ2v) is 15.1. The van der Waals surface area contributed by atoms with Gasteiger partial charge >= 0.3 is 7.82 Å². The van der Waals surface area contributed by atoms with Crippen molar-refractivity contribution >= 4 is 13.7 Å². The molecular weight excluding hydrogens is 575 g/mol. The van der Waals surface area contributed by atoms with Crippen LogP contribution in [0, 0.1) is 0 Å². The normalized spacial score (nSPS) is 15.0. The summed E-state index contributed by atoms with van der Waals surface area (Å²) in [4.78, 5) is 22.9. The van der Waals surface area contributed by atoms with Gasteiger partial charge in [0.05, 0.1) is 39.9 Å². The molecule has 8 nitrogen and oxygen atoms in total. The Morgan fingerprint density at radius 1 is 0.750 bits per heavy atom. The van der Waals surface area contributed by atoms with Crippen LogP contribution >= 0.6 is 7.82 Å². The second-order valence-electron chi connectivity index (χ2n) is 13.6. The van der Waals surface area contributed by atoms with E-state index in [1.165, 1.54) is 89.9 Å². The quantitative estimate of drug-likeness (QED) is 0.0292. The van der Waals surface area contributed by atoms with Crippen LogP contribution in [-0.2, 0) is 18.4 Å². The smallest absolute Gasteiger partial charge is 0.391 e. The molecule has 0 aliphatic rings. The molecule has 3 N–H and O–H groups in total. The predicted molar refractivity (Wildman–Crippen MR) is 185 cm³/mol. The highest BCUT2D eigenvalue weighted by molar-refractivity contribution is 7.47. The summed E-state index contributed by atoms with van der Waals surface area (Å²) in [5, 5.41) is 13.8. The summed E-state index contributed by atoms with van der Waals surface area (Å²) in [6.45, 7) is 4.80. The number of unbranched alkanes of at least 4 members (excludes halogenated alkanes) is 17. The zero-order chi connectivity index (χ0) is 32.9. The number of allylic oxidation sites excluding steroid dienone is 2. The Hall–Kier alpha value is -0.760. The molecule has 0 bridgehead atoms. The Balaban J connectivity index is 4.52. The number of phosphoric acid groups is 1. The molecule has 9 heteroatoms. The van der Waals surface area contributed by atoms with Gasteiger partial charge in [0.2, 0.25) is 5.91 Å². The van der Waals surface area contributed by atoms with Crippen molar-refractivity contribution < 1.29 is 32.9 Å². The molecule has 0 saturated heterocycles. The minimum atomic E-state index is -4.30. The van der Waals surface area contributed by atoms with Crippen LogP contribution in [-0.4, -0.2) is 73.4 Å². The van der Waals surface area contributed by atoms with E-state index < -0.39 is 20.0 Å². The average molecular weight is 648 g/mol. The van der Waals surface area contributed by atoms with Crippen LogP contribution in [0.5, 0.6) is 0 Å². The molecule has 0 aromatic rings. The number of hydrogen-bond acceptors (Lipinski definition) is 5. The van der Waals surface area contributed by atoms with E-state index in [0.717, 1.165) is 32.1 Å². The lowest BCUT2D eigenvalue weighted by molar-refractivity contribution is -0.870. The molecule has 0 aliphatic heterocycles. The van der Waals surface area contributed by atoms with Crippen molar-refractivity contribution in [2.24, 2.45) is 0 Å². The lowest BCUT2D eigenvalue weighted by Gasteiger charge is -2.26. The first-order chi connectivity index (χ1) is 21.0. The summed E-state index contributed by atoms with van der Waals surface area (Å²) < 4.78 is 23.4. The van der Waals surface area contributed by atoms with Gasteiger partial charge in [0.25, 0.3) is 0 Å². The van der Waals surface area contributed by atoms with Gasteiger partial charge in [0.15, 0.2) is 0 Å². The van der Waals surface area contributed by atoms with Gasteiger partial charge < -0.3 is 19.8 Å². The van der Waals surface area contributed by atoms with Gasteiger partial charge in [0.1, 0.15) is 13.2 Å². The topological polar surface area (TPSA) is 105 Å². The number of aliphatic hydroxyl groups is 1. The zero-order valence-corrected chi connectivity index (χ0v) is 30.3. The molecule has 0 aromatic carbocycles. The number of nitrogens with one attached hydrogen (secondary N) is 1. The summed E-state index contributed by atoms with van der Waals surface area (Å²) in [7, 11) is 1.60. The summed E-state index contributed by atoms with van der Waals surface area (Å²) in [5.41, 5.74) is 0. The molecule has 0 spiro atoms. The largest absolute Gasteiger partial charge is 0.472 e. The molecule has 3 atom stereocenters. The summed E-state index contributed by atoms with van der Waals surface area (Å²) in [6.07, 6.45) is 28.1. The number of nitrogens with zero attached hydrogens (tertiary/aromatic N) is 1. The number of aliphatic hydroxyl groups excluding tert-OH is 1. The molecule has 44 heavy (non-hydrogen) atoms. The van der Waals surface area contributed by atoms with E-state index in [-0.39, 0.29) is 19.1 Å². The number of carbonyl (C=O) groups excluding carboxylic acids is 1. The summed E-state index contributed by atoms with van der Waals surface area (Å²) >= 11 is 0. The molecule has 0 radical (unpaired) electrons. The molecule has 3 unspecified atom stereocenters. The number of carbonyl (C=O) groups is 1. The van der Waals surface area contributed by atoms with E-state index in [1.807, 2.05) is 21.1 Å². The Bertz CT molecular complexity index is 743. The molecule has 262 valence electrons. The maximum atomic E-state index is 12.7. The third-order valence-electron chi connectivity index (χ3n) is 8.01. The van der Waals surface area contributed by atoms with Crippen LogP contribution in [0.3, 0.4) is 0 Å². The Morgan fingerprint density at radius 3 is 1.75 bits per heavy atom. The number of hydrogen-bond donors (Lipinski definition) is 3. The maximum Gasteiger partial charge on any atom is 0.472 e. The van der Waals surface area contributed by atoms with Crippen LogP contribution in [0.2, 0.25) is 0 Å². The van der Waals surface area contributed by atoms with E-state index in [4.69, 9.17) is 9.05 Å². The second kappa shape index (κ2) is 28.5. The van der Waals surface area contributed by atoms with E-state index in [1.54, 1.807) is 0 Å². The van der Waals surface area contributed by atoms with Gasteiger partial charge in [0, 0.05) is 6.42 Å². The Labute approximate surface area is 272 Å². The van der Waals surface area contributed by atoms with Crippen LogP contribution in [0.1, 0.15) is 155 Å². The molecule has 0 aromatic heterocycles. The number of likely N-dealkylation sites (N-methyl/N-ethyl adjacent to an activating group) is 1. The van der Waals surface area contributed by atoms with Gasteiger partial charge in [-0.2, -0.15) is 0 Å². The fourth-order valence-electron chi connectivity index (χ4n) is 5.05. The van der Waals surface area contributed by atoms with Crippen molar-refractivity contribution in [1.29, 1.82) is 0 Å². The molecule has 0 saturated carbocycles. The third kappa shape index (κ3) is 29.9. The molecule has 0 aliphatic carbocycles. The fourth-order valence-corrected chi connectivity index (χ4v) is 5.78. The van der Waals surface area contributed by atoms with Crippen molar-refractivity contribution in [1.82, 2.24) is 5.32 Å². The van der Waals surface area contributed by atoms with Crippen molar-refractivity contribution in [3.8, 4) is 0 Å². The van der Waals surface area contributed by atoms with Crippen LogP contribution in [0.15, 0.2) is 12.2 Å². The van der Waals surface area contributed by atoms with Gasteiger partial charge in [-0.25, -0.2) is 4.57 Å². The van der Waals surface area contributed by atoms with Crippen LogP contribution in [0.4, 0.5) is 0 Å². The van der Waals surface area contributed by atoms with Crippen molar-refractivity contribution in [2.45, 2.75) is 167 Å². The van der Waals surface area contributed by atoms with Gasteiger partial charge in [-0.3, -0.25) is 13.8 Å². The maximum absolute atomic E-state index is 12.7. The highest BCUT2D eigenvalue weighted by atomic mass is 31.2. The SMILES string of the molecule is CCCCCC/C=C\CCCC(=O)NC(COP(=O)(O)OCC[N+](C)(C)C)C(O)CCCCCCCCCCCCCCC. The summed E-state index contributed by atoms with van der Waals surface area (Å²) in [5.74, 6) is -0.182. The minimum absolute atomic E-state index is 0.0714. The molecule has 0 rings (SSSR count). The number of quaternary nitrogens is 1. The number of phosphoric ester groups is 1. The van der Waals surface area contributed by atoms with Crippen molar-refractivity contribution in [2.75, 3.05) is 40.9 Å². The molecule has 1 amide bonds. The molecule has 0 fully saturated rings. The highest BCUT2D eigenvalue weighted by Crippen LogP contribution is 2.43. The van der Waals surface area contributed by atoms with E-state index in [0.29, 0.717) is 30.3 Å². The Kier molecular flexibility index (Phi) is 28.0. The van der Waals surface area contributed by atoms with Gasteiger partial charge in [-0.15, -0.1) is 0 Å². The predicted octanol–water partition coefficient (Wildman–Crippen LogP) is 8.85. The lowest BCUT2D eigenvalue weighted by Crippen LogP contribution is -2.46. The monoisotopic (exact) mass is 648 g/mol. The van der Waals surface area contributed by atoms with Gasteiger partial charge in [-0.1, -0.05) is 129 Å². The zero-order valence-electron chi connectivity index (χ0n) is 29.4. The minimum Gasteiger partial charge on any atom is -0.391 e. The first-order valence-corrected chi connectivity index (χ1v) is 19.5. The Morgan fingerprint density at radius 2 is 1.23 bits per heavy atom. The standard InChI is InChI=1S/C35H71N2O6P/c1-6-8-10-12-14-16-17-18-19-21-22-24-26-28-34(38)33(32-43-44(40,41)42-31-30-37(3,4)5)36-35(39)29-27-25-23-20-15-13-11-9-7-2/h20,23,33-34,38H,6-19,21-22,24-32H2,1-5H3,(H-,36,39,40,41)/p+1/b23-20-. The van der Waals surface area contributed by atoms with Gasteiger partial charge in [-0.05, 0) is 32.1 Å². The number of amides is 1. The molecular formula is C35H72N2O6P+. The summed E-state index contributed by atoms with van der Waals surface area (Å²) in [6, 6.07) is -0.767. The first kappa shape index (κ1) is 43.2. The number of rotatable bonds is 32. The fraction of sp³-hybridized carbons (Fsp3) is 0.914. The molecule has 0 heterocycles. The third-order valence-corrected chi connectivity index (χ3v) is 9.00. The van der Waals surface area contributed by atoms with E-state index >= 15 is 0 Å². The van der Waals surface area contributed by atoms with Crippen LogP contribution < -0.4 is 5.32 Å². The van der Waals surface area contributed by atoms with Crippen molar-refractivity contribution in [3.63, 3.8) is 0 Å². The van der Waals surface area contributed by atoms with Crippen molar-refractivity contribution in [3.05, 3.63) is 12.2 Å². The highest BCUT2D eigenvalue weighted by Gasteiger charge is 2.28. The first-order valence-electron chi connectivity index (χ1n) is 18.1. The van der Waals surface area contributed by atoms with E-state index in [2.05, 4.69) is 31.3 Å². The van der Waals surface area contributed by atoms with E-state index in [9.17, 15) is 19.4 Å². The lowest BCUT2D eigenvalue weighted by atomic mass is 10.0.